The molecule has 0 radical (unpaired) electrons. The topological polar surface area (TPSA) is 84.3 Å². The van der Waals surface area contributed by atoms with Crippen molar-refractivity contribution < 1.29 is 13.2 Å². The van der Waals surface area contributed by atoms with Gasteiger partial charge in [-0.05, 0) is 12.8 Å². The van der Waals surface area contributed by atoms with Gasteiger partial charge >= 0.3 is 0 Å². The van der Waals surface area contributed by atoms with E-state index in [0.717, 1.165) is 12.7 Å². The molecule has 0 unspecified atom stereocenters. The fourth-order valence-corrected chi connectivity index (χ4v) is 3.37. The van der Waals surface area contributed by atoms with Gasteiger partial charge in [0.15, 0.2) is 0 Å². The summed E-state index contributed by atoms with van der Waals surface area (Å²) in [4.78, 5) is 15.9. The van der Waals surface area contributed by atoms with Crippen molar-refractivity contribution in [1.82, 2.24) is 19.2 Å². The number of hydrogen-bond donors (Lipinski definition) is 1. The minimum Gasteiger partial charge on any atom is -0.353 e. The second kappa shape index (κ2) is 5.70. The number of aromatic nitrogens is 2. The van der Waals surface area contributed by atoms with E-state index in [9.17, 15) is 13.2 Å². The first-order valence-corrected chi connectivity index (χ1v) is 8.03. The van der Waals surface area contributed by atoms with Crippen LogP contribution < -0.4 is 5.32 Å². The average molecular weight is 286 g/mol. The van der Waals surface area contributed by atoms with Crippen LogP contribution in [0.5, 0.6) is 0 Å². The molecule has 1 N–H and O–H groups in total. The van der Waals surface area contributed by atoms with Gasteiger partial charge in [0.2, 0.25) is 15.9 Å². The molecular weight excluding hydrogens is 268 g/mol. The summed E-state index contributed by atoms with van der Waals surface area (Å²) in [6.45, 7) is 1.51. The number of sulfonamides is 1. The number of hydrogen-bond acceptors (Lipinski definition) is 4. The van der Waals surface area contributed by atoms with Gasteiger partial charge in [0.1, 0.15) is 6.04 Å². The van der Waals surface area contributed by atoms with Crippen LogP contribution >= 0.6 is 0 Å². The van der Waals surface area contributed by atoms with Gasteiger partial charge in [0.05, 0.1) is 12.6 Å². The highest BCUT2D eigenvalue weighted by Crippen LogP contribution is 2.20. The Kier molecular flexibility index (Phi) is 4.20. The summed E-state index contributed by atoms with van der Waals surface area (Å²) < 4.78 is 26.2. The second-order valence-electron chi connectivity index (χ2n) is 4.62. The standard InChI is InChI=1S/C11H18N4O3S/c1-19(17,18)15-6-2-3-10(15)11(16)13-5-8-14-7-4-12-9-14/h4,7,9-10H,2-3,5-6,8H2,1H3,(H,13,16)/t10-/m1/s1. The molecule has 0 aromatic carbocycles. The Morgan fingerprint density at radius 1 is 1.53 bits per heavy atom. The first-order valence-electron chi connectivity index (χ1n) is 6.19. The first kappa shape index (κ1) is 14.0. The summed E-state index contributed by atoms with van der Waals surface area (Å²) in [7, 11) is -3.31. The predicted molar refractivity (Wildman–Crippen MR) is 69.8 cm³/mol. The molecule has 106 valence electrons. The maximum absolute atomic E-state index is 12.0. The number of carbonyl (C=O) groups excluding carboxylic acids is 1. The molecule has 1 fully saturated rings. The Morgan fingerprint density at radius 3 is 2.95 bits per heavy atom. The van der Waals surface area contributed by atoms with E-state index in [1.54, 1.807) is 12.5 Å². The van der Waals surface area contributed by atoms with Crippen LogP contribution in [-0.4, -0.2) is 53.6 Å². The lowest BCUT2D eigenvalue weighted by Gasteiger charge is -2.21. The molecule has 1 saturated heterocycles. The SMILES string of the molecule is CS(=O)(=O)N1CCC[C@@H]1C(=O)NCCn1ccnc1. The molecule has 1 aromatic heterocycles. The zero-order valence-corrected chi connectivity index (χ0v) is 11.6. The number of nitrogens with zero attached hydrogens (tertiary/aromatic N) is 3. The van der Waals surface area contributed by atoms with Crippen LogP contribution in [-0.2, 0) is 21.4 Å². The van der Waals surface area contributed by atoms with Crippen molar-refractivity contribution in [2.75, 3.05) is 19.3 Å². The van der Waals surface area contributed by atoms with Crippen LogP contribution in [0.1, 0.15) is 12.8 Å². The van der Waals surface area contributed by atoms with Crippen molar-refractivity contribution in [3.63, 3.8) is 0 Å². The van der Waals surface area contributed by atoms with Gasteiger partial charge in [0, 0.05) is 32.0 Å². The summed E-state index contributed by atoms with van der Waals surface area (Å²) in [5.41, 5.74) is 0. The van der Waals surface area contributed by atoms with E-state index in [-0.39, 0.29) is 5.91 Å². The zero-order valence-electron chi connectivity index (χ0n) is 10.8. The Bertz CT molecular complexity index is 526. The Morgan fingerprint density at radius 2 is 2.32 bits per heavy atom. The monoisotopic (exact) mass is 286 g/mol. The summed E-state index contributed by atoms with van der Waals surface area (Å²) in [6.07, 6.45) is 7.61. The van der Waals surface area contributed by atoms with Crippen molar-refractivity contribution >= 4 is 15.9 Å². The molecule has 0 aliphatic carbocycles. The highest BCUT2D eigenvalue weighted by atomic mass is 32.2. The van der Waals surface area contributed by atoms with E-state index in [1.165, 1.54) is 4.31 Å². The molecule has 1 aliphatic heterocycles. The zero-order chi connectivity index (χ0) is 13.9. The molecule has 1 amide bonds. The summed E-state index contributed by atoms with van der Waals surface area (Å²) >= 11 is 0. The molecule has 19 heavy (non-hydrogen) atoms. The molecule has 2 rings (SSSR count). The van der Waals surface area contributed by atoms with Gasteiger partial charge in [-0.1, -0.05) is 0 Å². The van der Waals surface area contributed by atoms with Crippen LogP contribution in [0.3, 0.4) is 0 Å². The quantitative estimate of drug-likeness (QED) is 0.785. The van der Waals surface area contributed by atoms with Gasteiger partial charge in [-0.25, -0.2) is 13.4 Å². The van der Waals surface area contributed by atoms with E-state index in [2.05, 4.69) is 10.3 Å². The molecule has 8 heteroatoms. The van der Waals surface area contributed by atoms with E-state index < -0.39 is 16.1 Å². The highest BCUT2D eigenvalue weighted by Gasteiger charge is 2.36. The molecule has 0 spiro atoms. The van der Waals surface area contributed by atoms with E-state index >= 15 is 0 Å². The lowest BCUT2D eigenvalue weighted by Crippen LogP contribution is -2.46. The van der Waals surface area contributed by atoms with Crippen LogP contribution in [0, 0.1) is 0 Å². The summed E-state index contributed by atoms with van der Waals surface area (Å²) in [5, 5.41) is 2.77. The lowest BCUT2D eigenvalue weighted by atomic mass is 10.2. The fraction of sp³-hybridized carbons (Fsp3) is 0.636. The maximum Gasteiger partial charge on any atom is 0.238 e. The molecule has 1 aromatic rings. The number of rotatable bonds is 5. The van der Waals surface area contributed by atoms with Crippen molar-refractivity contribution in [2.45, 2.75) is 25.4 Å². The van der Waals surface area contributed by atoms with Gasteiger partial charge in [0.25, 0.3) is 0 Å². The Hall–Kier alpha value is -1.41. The van der Waals surface area contributed by atoms with E-state index in [0.29, 0.717) is 26.1 Å². The third kappa shape index (κ3) is 3.54. The fourth-order valence-electron chi connectivity index (χ4n) is 2.24. The van der Waals surface area contributed by atoms with E-state index in [1.807, 2.05) is 10.8 Å². The highest BCUT2D eigenvalue weighted by molar-refractivity contribution is 7.88. The van der Waals surface area contributed by atoms with Crippen LogP contribution in [0.4, 0.5) is 0 Å². The van der Waals surface area contributed by atoms with Crippen molar-refractivity contribution in [3.8, 4) is 0 Å². The van der Waals surface area contributed by atoms with Crippen molar-refractivity contribution in [1.29, 1.82) is 0 Å². The lowest BCUT2D eigenvalue weighted by molar-refractivity contribution is -0.124. The van der Waals surface area contributed by atoms with Gasteiger partial charge in [-0.15, -0.1) is 0 Å². The largest absolute Gasteiger partial charge is 0.353 e. The second-order valence-corrected chi connectivity index (χ2v) is 6.56. The molecule has 7 nitrogen and oxygen atoms in total. The maximum atomic E-state index is 12.0. The summed E-state index contributed by atoms with van der Waals surface area (Å²) in [6, 6.07) is -0.558. The summed E-state index contributed by atoms with van der Waals surface area (Å²) in [5.74, 6) is -0.219. The van der Waals surface area contributed by atoms with Crippen molar-refractivity contribution in [3.05, 3.63) is 18.7 Å². The first-order chi connectivity index (χ1) is 8.98. The van der Waals surface area contributed by atoms with Gasteiger partial charge in [-0.3, -0.25) is 4.79 Å². The number of nitrogens with one attached hydrogen (secondary N) is 1. The molecule has 0 bridgehead atoms. The van der Waals surface area contributed by atoms with Crippen LogP contribution in [0.15, 0.2) is 18.7 Å². The number of amides is 1. The molecule has 0 saturated carbocycles. The van der Waals surface area contributed by atoms with Crippen LogP contribution in [0.2, 0.25) is 0 Å². The number of carbonyl (C=O) groups is 1. The third-order valence-electron chi connectivity index (χ3n) is 3.16. The Labute approximate surface area is 112 Å². The molecule has 2 heterocycles. The predicted octanol–water partition coefficient (Wildman–Crippen LogP) is -0.577. The minimum atomic E-state index is -3.31. The third-order valence-corrected chi connectivity index (χ3v) is 4.45. The number of imidazole rings is 1. The van der Waals surface area contributed by atoms with Gasteiger partial charge in [-0.2, -0.15) is 4.31 Å². The Balaban J connectivity index is 1.85. The van der Waals surface area contributed by atoms with E-state index in [4.69, 9.17) is 0 Å². The normalized spacial score (nSPS) is 20.6. The minimum absolute atomic E-state index is 0.219. The molecular formula is C11H18N4O3S. The average Bonchev–Trinajstić information content (AvgIpc) is 2.98. The smallest absolute Gasteiger partial charge is 0.238 e. The van der Waals surface area contributed by atoms with Crippen molar-refractivity contribution in [2.24, 2.45) is 0 Å². The molecule has 1 aliphatic rings. The van der Waals surface area contributed by atoms with Gasteiger partial charge < -0.3 is 9.88 Å². The molecule has 1 atom stereocenters. The van der Waals surface area contributed by atoms with Crippen LogP contribution in [0.25, 0.3) is 0 Å².